The molecule has 0 fully saturated rings. The SMILES string of the molecule is N[S+](c1ccccc1)c1ccc(O)cc1.[Cl-]. The third-order valence-electron chi connectivity index (χ3n) is 2.09. The minimum Gasteiger partial charge on any atom is -1.00 e. The molecule has 16 heavy (non-hydrogen) atoms. The van der Waals surface area contributed by atoms with Crippen LogP contribution in [0, 0.1) is 0 Å². The normalized spacial score (nSPS) is 11.6. The molecule has 0 bridgehead atoms. The van der Waals surface area contributed by atoms with Gasteiger partial charge in [-0.25, -0.2) is 0 Å². The molecule has 0 aliphatic carbocycles. The third kappa shape index (κ3) is 2.92. The summed E-state index contributed by atoms with van der Waals surface area (Å²) in [5.74, 6) is 0.267. The molecule has 1 unspecified atom stereocenters. The highest BCUT2D eigenvalue weighted by Gasteiger charge is 2.19. The maximum absolute atomic E-state index is 9.17. The summed E-state index contributed by atoms with van der Waals surface area (Å²) in [6, 6.07) is 17.0. The molecule has 0 aromatic heterocycles. The summed E-state index contributed by atoms with van der Waals surface area (Å²) in [4.78, 5) is 2.13. The number of aromatic hydroxyl groups is 1. The van der Waals surface area contributed by atoms with Gasteiger partial charge in [0.1, 0.15) is 16.8 Å². The number of rotatable bonds is 2. The van der Waals surface area contributed by atoms with Gasteiger partial charge in [0.05, 0.1) is 0 Å². The van der Waals surface area contributed by atoms with Crippen molar-refractivity contribution in [1.82, 2.24) is 0 Å². The topological polar surface area (TPSA) is 46.2 Å². The predicted molar refractivity (Wildman–Crippen MR) is 62.6 cm³/mol. The van der Waals surface area contributed by atoms with Crippen LogP contribution in [0.4, 0.5) is 0 Å². The van der Waals surface area contributed by atoms with Gasteiger partial charge < -0.3 is 17.5 Å². The van der Waals surface area contributed by atoms with Crippen LogP contribution in [-0.4, -0.2) is 5.11 Å². The molecular weight excluding hydrogens is 242 g/mol. The molecular formula is C12H12ClNOS. The Labute approximate surface area is 104 Å². The van der Waals surface area contributed by atoms with Gasteiger partial charge in [-0.3, -0.25) is 0 Å². The first-order valence-corrected chi connectivity index (χ1v) is 5.89. The zero-order valence-electron chi connectivity index (χ0n) is 8.51. The Morgan fingerprint density at radius 3 is 1.88 bits per heavy atom. The molecule has 0 radical (unpaired) electrons. The fourth-order valence-electron chi connectivity index (χ4n) is 1.30. The molecule has 2 nitrogen and oxygen atoms in total. The van der Waals surface area contributed by atoms with E-state index < -0.39 is 11.1 Å². The van der Waals surface area contributed by atoms with Crippen molar-refractivity contribution in [2.75, 3.05) is 0 Å². The molecule has 0 amide bonds. The van der Waals surface area contributed by atoms with Gasteiger partial charge in [0.25, 0.3) is 0 Å². The van der Waals surface area contributed by atoms with Gasteiger partial charge in [-0.2, -0.15) is 0 Å². The van der Waals surface area contributed by atoms with E-state index >= 15 is 0 Å². The van der Waals surface area contributed by atoms with Crippen molar-refractivity contribution in [3.05, 3.63) is 54.6 Å². The smallest absolute Gasteiger partial charge is 0.181 e. The van der Waals surface area contributed by atoms with E-state index in [1.54, 1.807) is 12.1 Å². The number of hydrogen-bond donors (Lipinski definition) is 2. The number of benzene rings is 2. The molecule has 3 N–H and O–H groups in total. The van der Waals surface area contributed by atoms with Gasteiger partial charge in [0.15, 0.2) is 9.79 Å². The fourth-order valence-corrected chi connectivity index (χ4v) is 2.45. The predicted octanol–water partition coefficient (Wildman–Crippen LogP) is -0.694. The number of phenolic OH excluding ortho intramolecular Hbond substituents is 1. The maximum Gasteiger partial charge on any atom is 0.181 e. The van der Waals surface area contributed by atoms with E-state index in [2.05, 4.69) is 0 Å². The Balaban J connectivity index is 0.00000128. The number of phenols is 1. The molecule has 1 atom stereocenters. The van der Waals surface area contributed by atoms with E-state index in [9.17, 15) is 5.11 Å². The van der Waals surface area contributed by atoms with Crippen LogP contribution in [0.15, 0.2) is 64.4 Å². The Morgan fingerprint density at radius 1 is 0.812 bits per heavy atom. The number of nitrogens with two attached hydrogens (primary N) is 1. The maximum atomic E-state index is 9.17. The van der Waals surface area contributed by atoms with E-state index in [0.29, 0.717) is 0 Å². The second-order valence-electron chi connectivity index (χ2n) is 3.14. The minimum atomic E-state index is -0.416. The molecule has 2 rings (SSSR count). The molecule has 4 heteroatoms. The number of halogens is 1. The summed E-state index contributed by atoms with van der Waals surface area (Å²) < 4.78 is 0. The monoisotopic (exact) mass is 253 g/mol. The van der Waals surface area contributed by atoms with Crippen LogP contribution in [0.3, 0.4) is 0 Å². The first-order valence-electron chi connectivity index (χ1n) is 4.60. The van der Waals surface area contributed by atoms with Crippen LogP contribution in [0.25, 0.3) is 0 Å². The van der Waals surface area contributed by atoms with Gasteiger partial charge in [-0.05, 0) is 36.4 Å². The van der Waals surface area contributed by atoms with Gasteiger partial charge in [-0.15, -0.1) is 5.14 Å². The van der Waals surface area contributed by atoms with Gasteiger partial charge in [0.2, 0.25) is 0 Å². The van der Waals surface area contributed by atoms with E-state index in [1.165, 1.54) is 0 Å². The Kier molecular flexibility index (Phi) is 4.68. The lowest BCUT2D eigenvalue weighted by Crippen LogP contribution is -3.00. The van der Waals surface area contributed by atoms with Crippen molar-refractivity contribution in [2.45, 2.75) is 9.79 Å². The van der Waals surface area contributed by atoms with Gasteiger partial charge in [0, 0.05) is 0 Å². The van der Waals surface area contributed by atoms with Crippen molar-refractivity contribution >= 4 is 11.1 Å². The van der Waals surface area contributed by atoms with Crippen LogP contribution < -0.4 is 17.5 Å². The molecule has 0 spiro atoms. The van der Waals surface area contributed by atoms with E-state index in [1.807, 2.05) is 42.5 Å². The second-order valence-corrected chi connectivity index (χ2v) is 4.76. The molecule has 2 aromatic carbocycles. The van der Waals surface area contributed by atoms with Gasteiger partial charge in [-0.1, -0.05) is 18.2 Å². The van der Waals surface area contributed by atoms with Crippen molar-refractivity contribution in [3.63, 3.8) is 0 Å². The first kappa shape index (κ1) is 12.9. The standard InChI is InChI=1S/C12H11NOS.ClH/c13-15(11-4-2-1-3-5-11)12-8-6-10(14)7-9-12;/h1-9H,13H2;1H. The quantitative estimate of drug-likeness (QED) is 0.696. The number of hydrogen-bond acceptors (Lipinski definition) is 2. The van der Waals surface area contributed by atoms with Crippen LogP contribution >= 0.6 is 0 Å². The lowest BCUT2D eigenvalue weighted by Gasteiger charge is -2.00. The summed E-state index contributed by atoms with van der Waals surface area (Å²) in [6.07, 6.45) is 0. The van der Waals surface area contributed by atoms with Crippen LogP contribution in [0.5, 0.6) is 5.75 Å². The lowest BCUT2D eigenvalue weighted by molar-refractivity contribution is -0.00000419. The van der Waals surface area contributed by atoms with Crippen LogP contribution in [-0.2, 0) is 11.1 Å². The second kappa shape index (κ2) is 5.80. The summed E-state index contributed by atoms with van der Waals surface area (Å²) in [5, 5.41) is 15.3. The summed E-state index contributed by atoms with van der Waals surface area (Å²) in [6.45, 7) is 0. The van der Waals surface area contributed by atoms with Gasteiger partial charge >= 0.3 is 0 Å². The van der Waals surface area contributed by atoms with Crippen molar-refractivity contribution in [1.29, 1.82) is 0 Å². The van der Waals surface area contributed by atoms with Crippen molar-refractivity contribution in [3.8, 4) is 5.75 Å². The summed E-state index contributed by atoms with van der Waals surface area (Å²) in [5.41, 5.74) is 0. The van der Waals surface area contributed by atoms with Crippen LogP contribution in [0.2, 0.25) is 0 Å². The van der Waals surface area contributed by atoms with E-state index in [0.717, 1.165) is 9.79 Å². The fraction of sp³-hybridized carbons (Fsp3) is 0. The highest BCUT2D eigenvalue weighted by atomic mass is 35.5. The molecule has 0 aliphatic rings. The Hall–Kier alpha value is -1.16. The van der Waals surface area contributed by atoms with Crippen molar-refractivity contribution in [2.24, 2.45) is 5.14 Å². The molecule has 0 saturated carbocycles. The summed E-state index contributed by atoms with van der Waals surface area (Å²) >= 11 is -0.416. The average Bonchev–Trinajstić information content (AvgIpc) is 2.30. The summed E-state index contributed by atoms with van der Waals surface area (Å²) in [7, 11) is 0. The first-order chi connectivity index (χ1) is 7.27. The van der Waals surface area contributed by atoms with Crippen molar-refractivity contribution < 1.29 is 17.5 Å². The third-order valence-corrected chi connectivity index (χ3v) is 3.65. The van der Waals surface area contributed by atoms with E-state index in [4.69, 9.17) is 5.14 Å². The van der Waals surface area contributed by atoms with E-state index in [-0.39, 0.29) is 18.2 Å². The molecule has 84 valence electrons. The average molecular weight is 254 g/mol. The lowest BCUT2D eigenvalue weighted by atomic mass is 10.3. The highest BCUT2D eigenvalue weighted by Crippen LogP contribution is 2.20. The Bertz CT molecular complexity index is 433. The zero-order chi connectivity index (χ0) is 10.7. The molecule has 0 heterocycles. The van der Waals surface area contributed by atoms with Crippen LogP contribution in [0.1, 0.15) is 0 Å². The Morgan fingerprint density at radius 2 is 1.31 bits per heavy atom. The highest BCUT2D eigenvalue weighted by molar-refractivity contribution is 7.94. The largest absolute Gasteiger partial charge is 1.00 e. The molecule has 0 aliphatic heterocycles. The molecule has 0 saturated heterocycles. The molecule has 2 aromatic rings. The zero-order valence-corrected chi connectivity index (χ0v) is 10.1. The minimum absolute atomic E-state index is 0.